The number of rotatable bonds is 5. The highest BCUT2D eigenvalue weighted by atomic mass is 35.5. The second-order valence-electron chi connectivity index (χ2n) is 4.74. The van der Waals surface area contributed by atoms with Gasteiger partial charge in [0, 0.05) is 18.9 Å². The van der Waals surface area contributed by atoms with Crippen molar-refractivity contribution in [3.63, 3.8) is 0 Å². The van der Waals surface area contributed by atoms with E-state index in [-0.39, 0.29) is 11.6 Å². The minimum atomic E-state index is -0.170. The number of ether oxygens (including phenoxy) is 1. The Hall–Kier alpha value is -0.840. The molecule has 1 unspecified atom stereocenters. The summed E-state index contributed by atoms with van der Waals surface area (Å²) in [6.45, 7) is 2.92. The number of hydrogen-bond donors (Lipinski definition) is 2. The van der Waals surface area contributed by atoms with E-state index in [4.69, 9.17) is 22.1 Å². The molecule has 1 aromatic rings. The number of likely N-dealkylation sites (N-methyl/N-ethyl adjacent to an activating group) is 1. The van der Waals surface area contributed by atoms with Crippen molar-refractivity contribution in [2.45, 2.75) is 37.8 Å². The fourth-order valence-electron chi connectivity index (χ4n) is 2.62. The minimum Gasteiger partial charge on any atom is -0.383 e. The number of aromatic nitrogens is 1. The van der Waals surface area contributed by atoms with Gasteiger partial charge >= 0.3 is 0 Å². The SMILES string of the molecule is CCNC(c1cc(Cl)cnc1N)C1(OC)CCC1. The van der Waals surface area contributed by atoms with Gasteiger partial charge in [-0.1, -0.05) is 18.5 Å². The van der Waals surface area contributed by atoms with Gasteiger partial charge in [-0.2, -0.15) is 0 Å². The molecule has 1 aromatic heterocycles. The van der Waals surface area contributed by atoms with Gasteiger partial charge < -0.3 is 15.8 Å². The number of anilines is 1. The Labute approximate surface area is 113 Å². The van der Waals surface area contributed by atoms with Gasteiger partial charge in [-0.3, -0.25) is 0 Å². The lowest BCUT2D eigenvalue weighted by molar-refractivity contribution is -0.0994. The van der Waals surface area contributed by atoms with Crippen LogP contribution < -0.4 is 11.1 Å². The Morgan fingerprint density at radius 2 is 2.33 bits per heavy atom. The number of nitrogens with one attached hydrogen (secondary N) is 1. The molecule has 100 valence electrons. The molecule has 5 heteroatoms. The molecule has 0 amide bonds. The van der Waals surface area contributed by atoms with Gasteiger partial charge in [-0.15, -0.1) is 0 Å². The second-order valence-corrected chi connectivity index (χ2v) is 5.18. The first-order valence-corrected chi connectivity index (χ1v) is 6.70. The number of hydrogen-bond acceptors (Lipinski definition) is 4. The number of pyridine rings is 1. The Morgan fingerprint density at radius 1 is 1.61 bits per heavy atom. The second kappa shape index (κ2) is 5.43. The van der Waals surface area contributed by atoms with Crippen LogP contribution in [0.3, 0.4) is 0 Å². The van der Waals surface area contributed by atoms with Gasteiger partial charge in [0.05, 0.1) is 16.7 Å². The molecule has 3 N–H and O–H groups in total. The predicted molar refractivity (Wildman–Crippen MR) is 73.7 cm³/mol. The third-order valence-electron chi connectivity index (χ3n) is 3.77. The van der Waals surface area contributed by atoms with Crippen LogP contribution in [-0.2, 0) is 4.74 Å². The molecule has 4 nitrogen and oxygen atoms in total. The maximum atomic E-state index is 6.03. The van der Waals surface area contributed by atoms with Gasteiger partial charge in [-0.05, 0) is 31.9 Å². The van der Waals surface area contributed by atoms with Crippen LogP contribution in [-0.4, -0.2) is 24.2 Å². The van der Waals surface area contributed by atoms with Crippen LogP contribution in [0.2, 0.25) is 5.02 Å². The van der Waals surface area contributed by atoms with Crippen LogP contribution in [0.5, 0.6) is 0 Å². The van der Waals surface area contributed by atoms with Crippen molar-refractivity contribution < 1.29 is 4.74 Å². The fourth-order valence-corrected chi connectivity index (χ4v) is 2.78. The van der Waals surface area contributed by atoms with E-state index in [1.807, 2.05) is 6.07 Å². The van der Waals surface area contributed by atoms with Gasteiger partial charge in [0.15, 0.2) is 0 Å². The van der Waals surface area contributed by atoms with E-state index in [1.165, 1.54) is 6.42 Å². The van der Waals surface area contributed by atoms with Gasteiger partial charge in [0.25, 0.3) is 0 Å². The van der Waals surface area contributed by atoms with Crippen molar-refractivity contribution in [3.8, 4) is 0 Å². The van der Waals surface area contributed by atoms with Crippen LogP contribution in [0.4, 0.5) is 5.82 Å². The first kappa shape index (κ1) is 13.6. The maximum Gasteiger partial charge on any atom is 0.128 e. The van der Waals surface area contributed by atoms with E-state index < -0.39 is 0 Å². The molecule has 0 radical (unpaired) electrons. The summed E-state index contributed by atoms with van der Waals surface area (Å²) in [6, 6.07) is 1.93. The quantitative estimate of drug-likeness (QED) is 0.862. The number of nitrogens with two attached hydrogens (primary N) is 1. The molecule has 1 atom stereocenters. The summed E-state index contributed by atoms with van der Waals surface area (Å²) in [5.41, 5.74) is 6.75. The van der Waals surface area contributed by atoms with Crippen molar-refractivity contribution in [1.82, 2.24) is 10.3 Å². The third kappa shape index (κ3) is 2.32. The maximum absolute atomic E-state index is 6.03. The molecule has 0 aliphatic heterocycles. The van der Waals surface area contributed by atoms with Crippen LogP contribution in [0.15, 0.2) is 12.3 Å². The van der Waals surface area contributed by atoms with Crippen LogP contribution in [0.1, 0.15) is 37.8 Å². The van der Waals surface area contributed by atoms with E-state index in [9.17, 15) is 0 Å². The molecular weight excluding hydrogens is 250 g/mol. The lowest BCUT2D eigenvalue weighted by Crippen LogP contribution is -2.50. The summed E-state index contributed by atoms with van der Waals surface area (Å²) in [6.07, 6.45) is 4.83. The molecule has 0 spiro atoms. The average Bonchev–Trinajstić information content (AvgIpc) is 2.31. The zero-order valence-corrected chi connectivity index (χ0v) is 11.6. The van der Waals surface area contributed by atoms with Crippen molar-refractivity contribution in [2.24, 2.45) is 0 Å². The molecular formula is C13H20ClN3O. The topological polar surface area (TPSA) is 60.2 Å². The molecule has 1 fully saturated rings. The zero-order valence-electron chi connectivity index (χ0n) is 10.9. The molecule has 0 bridgehead atoms. The summed E-state index contributed by atoms with van der Waals surface area (Å²) in [7, 11) is 1.76. The summed E-state index contributed by atoms with van der Waals surface area (Å²) in [5, 5.41) is 4.06. The lowest BCUT2D eigenvalue weighted by atomic mass is 9.72. The van der Waals surface area contributed by atoms with E-state index in [0.29, 0.717) is 10.8 Å². The number of halogens is 1. The number of nitrogen functional groups attached to an aromatic ring is 1. The molecule has 1 aliphatic carbocycles. The third-order valence-corrected chi connectivity index (χ3v) is 3.97. The Bertz CT molecular complexity index is 415. The molecule has 1 heterocycles. The summed E-state index contributed by atoms with van der Waals surface area (Å²) in [5.74, 6) is 0.522. The van der Waals surface area contributed by atoms with Crippen molar-refractivity contribution >= 4 is 17.4 Å². The average molecular weight is 270 g/mol. The van der Waals surface area contributed by atoms with Gasteiger partial charge in [0.1, 0.15) is 5.82 Å². The van der Waals surface area contributed by atoms with E-state index in [2.05, 4.69) is 17.2 Å². The van der Waals surface area contributed by atoms with Crippen LogP contribution >= 0.6 is 11.6 Å². The first-order valence-electron chi connectivity index (χ1n) is 6.32. The molecule has 0 saturated heterocycles. The van der Waals surface area contributed by atoms with Crippen molar-refractivity contribution in [1.29, 1.82) is 0 Å². The minimum absolute atomic E-state index is 0.0486. The normalized spacial score (nSPS) is 19.3. The monoisotopic (exact) mass is 269 g/mol. The van der Waals surface area contributed by atoms with Crippen molar-refractivity contribution in [3.05, 3.63) is 22.8 Å². The van der Waals surface area contributed by atoms with E-state index in [1.54, 1.807) is 13.3 Å². The summed E-state index contributed by atoms with van der Waals surface area (Å²) < 4.78 is 5.75. The van der Waals surface area contributed by atoms with E-state index >= 15 is 0 Å². The van der Waals surface area contributed by atoms with E-state index in [0.717, 1.165) is 24.9 Å². The molecule has 0 aromatic carbocycles. The van der Waals surface area contributed by atoms with Gasteiger partial charge in [0.2, 0.25) is 0 Å². The predicted octanol–water partition coefficient (Wildman–Crippen LogP) is 2.54. The summed E-state index contributed by atoms with van der Waals surface area (Å²) in [4.78, 5) is 4.14. The Morgan fingerprint density at radius 3 is 2.83 bits per heavy atom. The summed E-state index contributed by atoms with van der Waals surface area (Å²) >= 11 is 6.03. The highest BCUT2D eigenvalue weighted by Crippen LogP contribution is 2.46. The number of nitrogens with zero attached hydrogens (tertiary/aromatic N) is 1. The lowest BCUT2D eigenvalue weighted by Gasteiger charge is -2.47. The van der Waals surface area contributed by atoms with Gasteiger partial charge in [-0.25, -0.2) is 4.98 Å². The highest BCUT2D eigenvalue weighted by molar-refractivity contribution is 6.30. The van der Waals surface area contributed by atoms with Crippen LogP contribution in [0.25, 0.3) is 0 Å². The molecule has 2 rings (SSSR count). The molecule has 1 saturated carbocycles. The first-order chi connectivity index (χ1) is 8.63. The smallest absolute Gasteiger partial charge is 0.128 e. The Balaban J connectivity index is 2.37. The standard InChI is InChI=1S/C13H20ClN3O/c1-3-16-11(13(18-2)5-4-6-13)10-7-9(14)8-17-12(10)15/h7-8,11,16H,3-6H2,1-2H3,(H2,15,17). The van der Waals surface area contributed by atoms with Crippen molar-refractivity contribution in [2.75, 3.05) is 19.4 Å². The molecule has 18 heavy (non-hydrogen) atoms. The molecule has 1 aliphatic rings. The fraction of sp³-hybridized carbons (Fsp3) is 0.615. The zero-order chi connectivity index (χ0) is 13.2. The highest BCUT2D eigenvalue weighted by Gasteiger charge is 2.45. The largest absolute Gasteiger partial charge is 0.383 e. The van der Waals surface area contributed by atoms with Crippen LogP contribution in [0, 0.1) is 0 Å². The number of methoxy groups -OCH3 is 1. The Kier molecular flexibility index (Phi) is 4.10.